The van der Waals surface area contributed by atoms with E-state index in [1.54, 1.807) is 23.6 Å². The Bertz CT molecular complexity index is 281. The third kappa shape index (κ3) is 1.49. The Morgan fingerprint density at radius 2 is 2.58 bits per heavy atom. The third-order valence-electron chi connectivity index (χ3n) is 1.73. The van der Waals surface area contributed by atoms with E-state index in [-0.39, 0.29) is 6.10 Å². The van der Waals surface area contributed by atoms with Gasteiger partial charge in [-0.05, 0) is 6.08 Å². The lowest BCUT2D eigenvalue weighted by Gasteiger charge is -2.17. The lowest BCUT2D eigenvalue weighted by Crippen LogP contribution is -2.11. The molecule has 4 heteroatoms. The highest BCUT2D eigenvalue weighted by Crippen LogP contribution is 2.27. The van der Waals surface area contributed by atoms with Crippen molar-refractivity contribution in [2.45, 2.75) is 12.5 Å². The zero-order chi connectivity index (χ0) is 8.39. The van der Waals surface area contributed by atoms with E-state index in [2.05, 4.69) is 4.98 Å². The van der Waals surface area contributed by atoms with Crippen LogP contribution in [0.3, 0.4) is 0 Å². The molecule has 0 fully saturated rings. The van der Waals surface area contributed by atoms with Gasteiger partial charge in [0.2, 0.25) is 0 Å². The Balaban J connectivity index is 2.09. The minimum absolute atomic E-state index is 0.0425. The van der Waals surface area contributed by atoms with Crippen molar-refractivity contribution < 1.29 is 9.84 Å². The van der Waals surface area contributed by atoms with Crippen LogP contribution in [0.5, 0.6) is 0 Å². The highest BCUT2D eigenvalue weighted by molar-refractivity contribution is 7.09. The van der Waals surface area contributed by atoms with E-state index in [4.69, 9.17) is 9.84 Å². The topological polar surface area (TPSA) is 42.4 Å². The second kappa shape index (κ2) is 3.25. The lowest BCUT2D eigenvalue weighted by molar-refractivity contribution is 0.0399. The normalized spacial score (nSPS) is 23.7. The molecule has 1 atom stereocenters. The molecule has 0 saturated carbocycles. The summed E-state index contributed by atoms with van der Waals surface area (Å²) >= 11 is 1.58. The summed E-state index contributed by atoms with van der Waals surface area (Å²) in [5, 5.41) is 12.0. The molecule has 0 bridgehead atoms. The highest BCUT2D eigenvalue weighted by Gasteiger charge is 2.17. The SMILES string of the molecule is OC1=CCC(c2nccs2)OC1. The number of hydrogen-bond acceptors (Lipinski definition) is 4. The van der Waals surface area contributed by atoms with E-state index < -0.39 is 0 Å². The molecule has 3 nitrogen and oxygen atoms in total. The largest absolute Gasteiger partial charge is 0.510 e. The summed E-state index contributed by atoms with van der Waals surface area (Å²) in [5.74, 6) is 0.322. The fourth-order valence-electron chi connectivity index (χ4n) is 1.12. The summed E-state index contributed by atoms with van der Waals surface area (Å²) < 4.78 is 5.36. The number of aliphatic hydroxyl groups is 1. The maximum Gasteiger partial charge on any atom is 0.122 e. The van der Waals surface area contributed by atoms with Gasteiger partial charge in [-0.15, -0.1) is 11.3 Å². The minimum atomic E-state index is 0.0425. The number of rotatable bonds is 1. The van der Waals surface area contributed by atoms with Gasteiger partial charge < -0.3 is 9.84 Å². The van der Waals surface area contributed by atoms with Crippen molar-refractivity contribution in [1.29, 1.82) is 0 Å². The molecule has 1 aromatic heterocycles. The third-order valence-corrected chi connectivity index (χ3v) is 2.59. The maximum atomic E-state index is 9.04. The molecule has 2 heterocycles. The first kappa shape index (κ1) is 7.76. The molecule has 1 aliphatic rings. The highest BCUT2D eigenvalue weighted by atomic mass is 32.1. The quantitative estimate of drug-likeness (QED) is 0.724. The van der Waals surface area contributed by atoms with Crippen LogP contribution in [0.15, 0.2) is 23.4 Å². The molecule has 12 heavy (non-hydrogen) atoms. The Kier molecular flexibility index (Phi) is 2.10. The van der Waals surface area contributed by atoms with Gasteiger partial charge in [-0.25, -0.2) is 4.98 Å². The van der Waals surface area contributed by atoms with Crippen LogP contribution in [-0.4, -0.2) is 16.7 Å². The van der Waals surface area contributed by atoms with Gasteiger partial charge in [0, 0.05) is 18.0 Å². The first-order valence-electron chi connectivity index (χ1n) is 3.75. The first-order chi connectivity index (χ1) is 5.86. The van der Waals surface area contributed by atoms with Gasteiger partial charge in [0.25, 0.3) is 0 Å². The number of aromatic nitrogens is 1. The molecule has 1 aliphatic heterocycles. The minimum Gasteiger partial charge on any atom is -0.510 e. The van der Waals surface area contributed by atoms with Crippen LogP contribution in [0, 0.1) is 0 Å². The van der Waals surface area contributed by atoms with Crippen molar-refractivity contribution in [3.63, 3.8) is 0 Å². The summed E-state index contributed by atoms with van der Waals surface area (Å²) in [4.78, 5) is 4.15. The number of ether oxygens (including phenoxy) is 1. The Morgan fingerprint density at radius 3 is 3.17 bits per heavy atom. The fraction of sp³-hybridized carbons (Fsp3) is 0.375. The van der Waals surface area contributed by atoms with Crippen LogP contribution >= 0.6 is 11.3 Å². The molecular formula is C8H9NO2S. The molecular weight excluding hydrogens is 174 g/mol. The molecule has 0 radical (unpaired) electrons. The van der Waals surface area contributed by atoms with Gasteiger partial charge in [-0.2, -0.15) is 0 Å². The molecule has 0 amide bonds. The van der Waals surface area contributed by atoms with Gasteiger partial charge >= 0.3 is 0 Å². The van der Waals surface area contributed by atoms with E-state index in [9.17, 15) is 0 Å². The summed E-state index contributed by atoms with van der Waals surface area (Å²) in [6.07, 6.45) is 4.32. The Hall–Kier alpha value is -0.870. The average molecular weight is 183 g/mol. The standard InChI is InChI=1S/C8H9NO2S/c10-6-1-2-7(11-5-6)8-9-3-4-12-8/h1,3-4,7,10H,2,5H2. The number of hydrogen-bond donors (Lipinski definition) is 1. The smallest absolute Gasteiger partial charge is 0.122 e. The second-order valence-electron chi connectivity index (χ2n) is 2.60. The summed E-state index contributed by atoms with van der Waals surface area (Å²) in [5.41, 5.74) is 0. The van der Waals surface area contributed by atoms with Gasteiger partial charge in [0.05, 0.1) is 0 Å². The van der Waals surface area contributed by atoms with Crippen LogP contribution in [0.4, 0.5) is 0 Å². The molecule has 0 saturated heterocycles. The van der Waals surface area contributed by atoms with Crippen molar-refractivity contribution in [2.75, 3.05) is 6.61 Å². The van der Waals surface area contributed by atoms with Crippen molar-refractivity contribution in [1.82, 2.24) is 4.98 Å². The van der Waals surface area contributed by atoms with Crippen LogP contribution in [-0.2, 0) is 4.74 Å². The van der Waals surface area contributed by atoms with Crippen molar-refractivity contribution in [3.05, 3.63) is 28.4 Å². The van der Waals surface area contributed by atoms with E-state index >= 15 is 0 Å². The summed E-state index contributed by atoms with van der Waals surface area (Å²) in [6.45, 7) is 0.310. The van der Waals surface area contributed by atoms with Crippen LogP contribution in [0.1, 0.15) is 17.5 Å². The zero-order valence-electron chi connectivity index (χ0n) is 6.43. The van der Waals surface area contributed by atoms with E-state index in [0.717, 1.165) is 11.4 Å². The maximum absolute atomic E-state index is 9.04. The van der Waals surface area contributed by atoms with E-state index in [1.165, 1.54) is 0 Å². The van der Waals surface area contributed by atoms with Crippen molar-refractivity contribution >= 4 is 11.3 Å². The summed E-state index contributed by atoms with van der Waals surface area (Å²) in [6, 6.07) is 0. The van der Waals surface area contributed by atoms with Gasteiger partial charge in [0.15, 0.2) is 0 Å². The molecule has 0 spiro atoms. The van der Waals surface area contributed by atoms with Crippen LogP contribution in [0.25, 0.3) is 0 Å². The molecule has 64 valence electrons. The van der Waals surface area contributed by atoms with Crippen LogP contribution < -0.4 is 0 Å². The van der Waals surface area contributed by atoms with E-state index in [1.807, 2.05) is 5.38 Å². The van der Waals surface area contributed by atoms with Gasteiger partial charge in [-0.1, -0.05) is 0 Å². The molecule has 1 aromatic rings. The molecule has 0 aliphatic carbocycles. The van der Waals surface area contributed by atoms with Gasteiger partial charge in [-0.3, -0.25) is 0 Å². The Labute approximate surface area is 74.3 Å². The predicted molar refractivity (Wildman–Crippen MR) is 46.1 cm³/mol. The number of aliphatic hydroxyl groups excluding tert-OH is 1. The average Bonchev–Trinajstić information content (AvgIpc) is 2.58. The number of thiazole rings is 1. The monoisotopic (exact) mass is 183 g/mol. The molecule has 2 rings (SSSR count). The van der Waals surface area contributed by atoms with Gasteiger partial charge in [0.1, 0.15) is 23.5 Å². The van der Waals surface area contributed by atoms with Crippen molar-refractivity contribution in [3.8, 4) is 0 Å². The predicted octanol–water partition coefficient (Wildman–Crippen LogP) is 2.05. The molecule has 1 N–H and O–H groups in total. The van der Waals surface area contributed by atoms with Crippen molar-refractivity contribution in [2.24, 2.45) is 0 Å². The lowest BCUT2D eigenvalue weighted by atomic mass is 10.2. The van der Waals surface area contributed by atoms with E-state index in [0.29, 0.717) is 12.4 Å². The van der Waals surface area contributed by atoms with Crippen LogP contribution in [0.2, 0.25) is 0 Å². The molecule has 0 aromatic carbocycles. The first-order valence-corrected chi connectivity index (χ1v) is 4.63. The Morgan fingerprint density at radius 1 is 1.67 bits per heavy atom. The zero-order valence-corrected chi connectivity index (χ0v) is 7.25. The second-order valence-corrected chi connectivity index (χ2v) is 3.53. The number of nitrogens with zero attached hydrogens (tertiary/aromatic N) is 1. The fourth-order valence-corrected chi connectivity index (χ4v) is 1.82. The summed E-state index contributed by atoms with van der Waals surface area (Å²) in [7, 11) is 0. The molecule has 1 unspecified atom stereocenters.